The van der Waals surface area contributed by atoms with Crippen LogP contribution in [0.25, 0.3) is 0 Å². The minimum absolute atomic E-state index is 0.0686. The highest BCUT2D eigenvalue weighted by atomic mass is 16.5. The molecule has 0 aromatic heterocycles. The van der Waals surface area contributed by atoms with Crippen LogP contribution < -0.4 is 5.73 Å². The first-order chi connectivity index (χ1) is 8.75. The lowest BCUT2D eigenvalue weighted by atomic mass is 10.1. The molecule has 0 saturated heterocycles. The maximum atomic E-state index is 5.86. The molecule has 2 aromatic rings. The largest absolute Gasteiger partial charge is 0.372 e. The molecule has 2 heteroatoms. The molecule has 2 aromatic carbocycles. The van der Waals surface area contributed by atoms with Crippen LogP contribution in [0.3, 0.4) is 0 Å². The molecular weight excluding hydrogens is 222 g/mol. The summed E-state index contributed by atoms with van der Waals surface area (Å²) < 4.78 is 5.70. The van der Waals surface area contributed by atoms with E-state index in [1.807, 2.05) is 37.3 Å². The summed E-state index contributed by atoms with van der Waals surface area (Å²) in [5, 5.41) is 0. The number of ether oxygens (including phenoxy) is 1. The molecule has 0 aliphatic heterocycles. The van der Waals surface area contributed by atoms with Crippen molar-refractivity contribution in [2.24, 2.45) is 5.73 Å². The van der Waals surface area contributed by atoms with Crippen molar-refractivity contribution in [2.45, 2.75) is 26.2 Å². The van der Waals surface area contributed by atoms with E-state index in [0.29, 0.717) is 13.2 Å². The van der Waals surface area contributed by atoms with E-state index in [2.05, 4.69) is 24.3 Å². The predicted molar refractivity (Wildman–Crippen MR) is 74.0 cm³/mol. The van der Waals surface area contributed by atoms with Gasteiger partial charge in [0, 0.05) is 6.04 Å². The van der Waals surface area contributed by atoms with Gasteiger partial charge in [-0.3, -0.25) is 0 Å². The van der Waals surface area contributed by atoms with Crippen LogP contribution in [0.2, 0.25) is 0 Å². The molecule has 18 heavy (non-hydrogen) atoms. The Morgan fingerprint density at radius 3 is 2.33 bits per heavy atom. The fourth-order valence-corrected chi connectivity index (χ4v) is 1.83. The van der Waals surface area contributed by atoms with Gasteiger partial charge in [0.2, 0.25) is 0 Å². The van der Waals surface area contributed by atoms with Crippen LogP contribution in [0.5, 0.6) is 0 Å². The summed E-state index contributed by atoms with van der Waals surface area (Å²) in [6, 6.07) is 18.5. The smallest absolute Gasteiger partial charge is 0.0721 e. The molecule has 0 aliphatic rings. The Morgan fingerprint density at radius 1 is 0.944 bits per heavy atom. The van der Waals surface area contributed by atoms with Crippen molar-refractivity contribution >= 4 is 0 Å². The monoisotopic (exact) mass is 241 g/mol. The summed E-state index contributed by atoms with van der Waals surface area (Å²) in [5.41, 5.74) is 9.37. The van der Waals surface area contributed by atoms with Crippen molar-refractivity contribution in [1.82, 2.24) is 0 Å². The molecule has 0 heterocycles. The van der Waals surface area contributed by atoms with Gasteiger partial charge in [-0.1, -0.05) is 54.6 Å². The Balaban J connectivity index is 1.89. The van der Waals surface area contributed by atoms with Crippen molar-refractivity contribution in [3.63, 3.8) is 0 Å². The third-order valence-electron chi connectivity index (χ3n) is 2.86. The minimum atomic E-state index is 0.0686. The topological polar surface area (TPSA) is 35.2 Å². The van der Waals surface area contributed by atoms with Gasteiger partial charge in [0.1, 0.15) is 0 Å². The second-order valence-electron chi connectivity index (χ2n) is 4.51. The fourth-order valence-electron chi connectivity index (χ4n) is 1.83. The summed E-state index contributed by atoms with van der Waals surface area (Å²) in [4.78, 5) is 0. The first kappa shape index (κ1) is 12.8. The lowest BCUT2D eigenvalue weighted by Gasteiger charge is -2.09. The van der Waals surface area contributed by atoms with E-state index < -0.39 is 0 Å². The summed E-state index contributed by atoms with van der Waals surface area (Å²) in [6.45, 7) is 3.25. The molecule has 0 fully saturated rings. The van der Waals surface area contributed by atoms with Gasteiger partial charge in [0.25, 0.3) is 0 Å². The Hall–Kier alpha value is -1.64. The standard InChI is InChI=1S/C16H19NO/c1-13(17)16-9-5-8-15(10-16)12-18-11-14-6-3-2-4-7-14/h2-10,13H,11-12,17H2,1H3. The summed E-state index contributed by atoms with van der Waals surface area (Å²) in [5.74, 6) is 0. The molecule has 0 amide bonds. The first-order valence-corrected chi connectivity index (χ1v) is 6.22. The van der Waals surface area contributed by atoms with Crippen molar-refractivity contribution in [2.75, 3.05) is 0 Å². The van der Waals surface area contributed by atoms with Crippen molar-refractivity contribution < 1.29 is 4.74 Å². The summed E-state index contributed by atoms with van der Waals surface area (Å²) in [7, 11) is 0. The zero-order valence-electron chi connectivity index (χ0n) is 10.7. The minimum Gasteiger partial charge on any atom is -0.372 e. The number of benzene rings is 2. The van der Waals surface area contributed by atoms with Crippen LogP contribution in [0.4, 0.5) is 0 Å². The van der Waals surface area contributed by atoms with Gasteiger partial charge in [-0.25, -0.2) is 0 Å². The van der Waals surface area contributed by atoms with Crippen LogP contribution in [0.15, 0.2) is 54.6 Å². The van der Waals surface area contributed by atoms with Gasteiger partial charge in [0.05, 0.1) is 13.2 Å². The van der Waals surface area contributed by atoms with Gasteiger partial charge in [0.15, 0.2) is 0 Å². The highest BCUT2D eigenvalue weighted by Gasteiger charge is 2.00. The Bertz CT molecular complexity index is 479. The molecular formula is C16H19NO. The molecule has 2 nitrogen and oxygen atoms in total. The van der Waals surface area contributed by atoms with Gasteiger partial charge >= 0.3 is 0 Å². The van der Waals surface area contributed by atoms with E-state index in [0.717, 1.165) is 5.56 Å². The highest BCUT2D eigenvalue weighted by molar-refractivity contribution is 5.25. The zero-order chi connectivity index (χ0) is 12.8. The van der Waals surface area contributed by atoms with Crippen LogP contribution in [0, 0.1) is 0 Å². The van der Waals surface area contributed by atoms with Gasteiger partial charge < -0.3 is 10.5 Å². The van der Waals surface area contributed by atoms with Gasteiger partial charge in [-0.2, -0.15) is 0 Å². The third kappa shape index (κ3) is 3.69. The Morgan fingerprint density at radius 2 is 1.61 bits per heavy atom. The Labute approximate surface area is 108 Å². The average Bonchev–Trinajstić information content (AvgIpc) is 2.40. The number of hydrogen-bond donors (Lipinski definition) is 1. The van der Waals surface area contributed by atoms with Crippen LogP contribution in [-0.2, 0) is 18.0 Å². The lowest BCUT2D eigenvalue weighted by Crippen LogP contribution is -2.05. The van der Waals surface area contributed by atoms with E-state index >= 15 is 0 Å². The molecule has 94 valence electrons. The number of rotatable bonds is 5. The zero-order valence-corrected chi connectivity index (χ0v) is 10.7. The molecule has 0 radical (unpaired) electrons. The molecule has 2 N–H and O–H groups in total. The average molecular weight is 241 g/mol. The second-order valence-corrected chi connectivity index (χ2v) is 4.51. The quantitative estimate of drug-likeness (QED) is 0.870. The van der Waals surface area contributed by atoms with E-state index in [9.17, 15) is 0 Å². The summed E-state index contributed by atoms with van der Waals surface area (Å²) in [6.07, 6.45) is 0. The molecule has 1 unspecified atom stereocenters. The van der Waals surface area contributed by atoms with E-state index in [4.69, 9.17) is 10.5 Å². The van der Waals surface area contributed by atoms with Crippen LogP contribution >= 0.6 is 0 Å². The first-order valence-electron chi connectivity index (χ1n) is 6.22. The maximum absolute atomic E-state index is 5.86. The van der Waals surface area contributed by atoms with E-state index in [-0.39, 0.29) is 6.04 Å². The number of nitrogens with two attached hydrogens (primary N) is 1. The van der Waals surface area contributed by atoms with Gasteiger partial charge in [-0.05, 0) is 23.6 Å². The van der Waals surface area contributed by atoms with Crippen LogP contribution in [0.1, 0.15) is 29.7 Å². The van der Waals surface area contributed by atoms with Crippen molar-refractivity contribution in [3.05, 3.63) is 71.3 Å². The van der Waals surface area contributed by atoms with Crippen LogP contribution in [-0.4, -0.2) is 0 Å². The molecule has 1 atom stereocenters. The lowest BCUT2D eigenvalue weighted by molar-refractivity contribution is 0.107. The third-order valence-corrected chi connectivity index (χ3v) is 2.86. The number of hydrogen-bond acceptors (Lipinski definition) is 2. The highest BCUT2D eigenvalue weighted by Crippen LogP contribution is 2.13. The SMILES string of the molecule is CC(N)c1cccc(COCc2ccccc2)c1. The Kier molecular flexibility index (Phi) is 4.51. The second kappa shape index (κ2) is 6.34. The van der Waals surface area contributed by atoms with Crippen molar-refractivity contribution in [3.8, 4) is 0 Å². The predicted octanol–water partition coefficient (Wildman–Crippen LogP) is 3.42. The summed E-state index contributed by atoms with van der Waals surface area (Å²) >= 11 is 0. The molecule has 0 aliphatic carbocycles. The fraction of sp³-hybridized carbons (Fsp3) is 0.250. The van der Waals surface area contributed by atoms with E-state index in [1.54, 1.807) is 0 Å². The normalized spacial score (nSPS) is 12.3. The molecule has 0 spiro atoms. The van der Waals surface area contributed by atoms with Crippen molar-refractivity contribution in [1.29, 1.82) is 0 Å². The molecule has 0 saturated carbocycles. The molecule has 2 rings (SSSR count). The molecule has 0 bridgehead atoms. The van der Waals surface area contributed by atoms with E-state index in [1.165, 1.54) is 11.1 Å². The maximum Gasteiger partial charge on any atom is 0.0721 e. The van der Waals surface area contributed by atoms with Gasteiger partial charge in [-0.15, -0.1) is 0 Å².